The molecule has 0 N–H and O–H groups in total. The quantitative estimate of drug-likeness (QED) is 0.256. The van der Waals surface area contributed by atoms with Crippen LogP contribution in [0.2, 0.25) is 0 Å². The molecule has 2 aromatic carbocycles. The average molecular weight is 776 g/mol. The van der Waals surface area contributed by atoms with Crippen LogP contribution >= 0.6 is 95.6 Å². The third-order valence-corrected chi connectivity index (χ3v) is 9.86. The Morgan fingerprint density at radius 1 is 0.519 bits per heavy atom. The molecule has 2 nitrogen and oxygen atoms in total. The van der Waals surface area contributed by atoms with E-state index in [1.54, 1.807) is 0 Å². The van der Waals surface area contributed by atoms with Crippen molar-refractivity contribution in [3.63, 3.8) is 0 Å². The number of alkyl halides is 6. The molecule has 2 aromatic rings. The zero-order chi connectivity index (χ0) is 20.2. The summed E-state index contributed by atoms with van der Waals surface area (Å²) in [6.45, 7) is 0. The molecule has 0 heterocycles. The number of rotatable bonds is 8. The first-order valence-corrected chi connectivity index (χ1v) is 16.0. The molecule has 0 fully saturated rings. The van der Waals surface area contributed by atoms with Crippen LogP contribution in [0.15, 0.2) is 34.1 Å². The Hall–Kier alpha value is 1.27. The van der Waals surface area contributed by atoms with Crippen molar-refractivity contribution in [2.75, 3.05) is 0 Å². The minimum Gasteiger partial charge on any atom is -0.218 e. The summed E-state index contributed by atoms with van der Waals surface area (Å²) < 4.78 is 27.7. The lowest BCUT2D eigenvalue weighted by molar-refractivity contribution is 0.593. The molecule has 27 heavy (non-hydrogen) atoms. The van der Waals surface area contributed by atoms with Crippen molar-refractivity contribution >= 4 is 105 Å². The lowest BCUT2D eigenvalue weighted by Crippen LogP contribution is -2.13. The number of hydrogen-bond acceptors (Lipinski definition) is 2. The summed E-state index contributed by atoms with van der Waals surface area (Å²) in [4.78, 5) is 0.772. The van der Waals surface area contributed by atoms with Gasteiger partial charge in [-0.2, -0.15) is 0 Å². The Kier molecular flexibility index (Phi) is 10.0. The van der Waals surface area contributed by atoms with Crippen LogP contribution in [-0.4, -0.2) is 8.42 Å². The second-order valence-corrected chi connectivity index (χ2v) is 11.0. The first-order valence-electron chi connectivity index (χ1n) is 7.78. The van der Waals surface area contributed by atoms with E-state index >= 15 is 0 Å². The summed E-state index contributed by atoms with van der Waals surface area (Å²) >= 11 is 20.8. The maximum atomic E-state index is 13.8. The van der Waals surface area contributed by atoms with E-state index in [4.69, 9.17) is 0 Å². The van der Waals surface area contributed by atoms with Crippen molar-refractivity contribution < 1.29 is 8.42 Å². The largest absolute Gasteiger partial charge is 0.218 e. The lowest BCUT2D eigenvalue weighted by atomic mass is 10.1. The van der Waals surface area contributed by atoms with Gasteiger partial charge in [-0.25, -0.2) is 8.42 Å². The summed E-state index contributed by atoms with van der Waals surface area (Å²) in [5.74, 6) is 0. The van der Waals surface area contributed by atoms with Gasteiger partial charge >= 0.3 is 0 Å². The minimum atomic E-state index is -3.71. The summed E-state index contributed by atoms with van der Waals surface area (Å²) in [6.07, 6.45) is 0. The van der Waals surface area contributed by atoms with E-state index in [1.165, 1.54) is 0 Å². The van der Waals surface area contributed by atoms with Crippen molar-refractivity contribution in [2.24, 2.45) is 0 Å². The topological polar surface area (TPSA) is 34.1 Å². The number of sulfone groups is 1. The Labute approximate surface area is 211 Å². The normalized spacial score (nSPS) is 11.8. The van der Waals surface area contributed by atoms with Crippen LogP contribution in [0.1, 0.15) is 33.4 Å². The number of benzene rings is 2. The fourth-order valence-electron chi connectivity index (χ4n) is 3.00. The molecule has 2 rings (SSSR count). The third kappa shape index (κ3) is 5.31. The number of hydrogen-bond donors (Lipinski definition) is 0. The van der Waals surface area contributed by atoms with Crippen LogP contribution in [0.5, 0.6) is 0 Å². The van der Waals surface area contributed by atoms with Crippen LogP contribution < -0.4 is 0 Å². The number of halogens is 6. The molecule has 0 aromatic heterocycles. The SMILES string of the molecule is O=S(=O)(c1c(CBr)cc(CBr)cc1CBr)c1c(CBr)cc(CBr)cc1CBr. The summed E-state index contributed by atoms with van der Waals surface area (Å²) in [5, 5.41) is 3.22. The van der Waals surface area contributed by atoms with Gasteiger partial charge in [0.2, 0.25) is 9.84 Å². The standard InChI is InChI=1S/C18H16Br6O2S/c19-5-11-1-13(7-21)17(14(2-11)8-22)27(25,26)18-15(9-23)3-12(6-20)4-16(18)10-24/h1-4H,5-10H2. The monoisotopic (exact) mass is 770 g/mol. The van der Waals surface area contributed by atoms with E-state index in [1.807, 2.05) is 24.3 Å². The molecule has 0 spiro atoms. The van der Waals surface area contributed by atoms with E-state index in [9.17, 15) is 8.42 Å². The molecule has 0 unspecified atom stereocenters. The predicted molar refractivity (Wildman–Crippen MR) is 134 cm³/mol. The Bertz CT molecular complexity index is 808. The van der Waals surface area contributed by atoms with Crippen molar-refractivity contribution in [2.45, 2.75) is 41.8 Å². The van der Waals surface area contributed by atoms with Crippen molar-refractivity contribution in [3.8, 4) is 0 Å². The van der Waals surface area contributed by atoms with Gasteiger partial charge in [-0.3, -0.25) is 0 Å². The van der Waals surface area contributed by atoms with Gasteiger partial charge < -0.3 is 0 Å². The second kappa shape index (κ2) is 11.0. The molecular weight excluding hydrogens is 760 g/mol. The Balaban J connectivity index is 2.88. The maximum absolute atomic E-state index is 13.8. The summed E-state index contributed by atoms with van der Waals surface area (Å²) in [5.41, 5.74) is 5.18. The Morgan fingerprint density at radius 3 is 0.963 bits per heavy atom. The molecule has 0 saturated heterocycles. The van der Waals surface area contributed by atoms with Gasteiger partial charge in [0.25, 0.3) is 0 Å². The first-order chi connectivity index (χ1) is 12.9. The van der Waals surface area contributed by atoms with Crippen LogP contribution in [0.4, 0.5) is 0 Å². The van der Waals surface area contributed by atoms with Crippen LogP contribution in [-0.2, 0) is 41.8 Å². The summed E-state index contributed by atoms with van der Waals surface area (Å²) in [6, 6.07) is 7.77. The fourth-order valence-corrected chi connectivity index (χ4v) is 8.26. The highest BCUT2D eigenvalue weighted by atomic mass is 79.9. The highest BCUT2D eigenvalue weighted by molar-refractivity contribution is 9.09. The van der Waals surface area contributed by atoms with Crippen molar-refractivity contribution in [3.05, 3.63) is 57.6 Å². The molecule has 0 aliphatic carbocycles. The highest BCUT2D eigenvalue weighted by Crippen LogP contribution is 2.37. The molecule has 0 aliphatic rings. The van der Waals surface area contributed by atoms with E-state index in [2.05, 4.69) is 95.6 Å². The van der Waals surface area contributed by atoms with E-state index in [0.717, 1.165) is 33.4 Å². The zero-order valence-corrected chi connectivity index (χ0v) is 24.4. The van der Waals surface area contributed by atoms with Gasteiger partial charge in [0.1, 0.15) is 0 Å². The van der Waals surface area contributed by atoms with Crippen LogP contribution in [0.25, 0.3) is 0 Å². The van der Waals surface area contributed by atoms with Gasteiger partial charge in [-0.05, 0) is 33.4 Å². The Morgan fingerprint density at radius 2 is 0.778 bits per heavy atom. The molecule has 9 heteroatoms. The third-order valence-electron chi connectivity index (χ3n) is 4.03. The minimum absolute atomic E-state index is 0.386. The van der Waals surface area contributed by atoms with Crippen LogP contribution in [0.3, 0.4) is 0 Å². The van der Waals surface area contributed by atoms with E-state index in [-0.39, 0.29) is 0 Å². The molecule has 0 amide bonds. The van der Waals surface area contributed by atoms with Gasteiger partial charge in [-0.15, -0.1) is 0 Å². The maximum Gasteiger partial charge on any atom is 0.207 e. The zero-order valence-electron chi connectivity index (χ0n) is 14.0. The molecule has 0 radical (unpaired) electrons. The molecule has 0 atom stereocenters. The van der Waals surface area contributed by atoms with E-state index < -0.39 is 9.84 Å². The van der Waals surface area contributed by atoms with Gasteiger partial charge in [0, 0.05) is 32.0 Å². The highest BCUT2D eigenvalue weighted by Gasteiger charge is 2.29. The van der Waals surface area contributed by atoms with Crippen molar-refractivity contribution in [1.29, 1.82) is 0 Å². The molecule has 0 aliphatic heterocycles. The lowest BCUT2D eigenvalue weighted by Gasteiger charge is -2.19. The summed E-state index contributed by atoms with van der Waals surface area (Å²) in [7, 11) is -3.71. The fraction of sp³-hybridized carbons (Fsp3) is 0.333. The van der Waals surface area contributed by atoms with E-state index in [0.29, 0.717) is 41.8 Å². The average Bonchev–Trinajstić information content (AvgIpc) is 2.70. The molecular formula is C18H16Br6O2S. The molecule has 148 valence electrons. The molecule has 0 bridgehead atoms. The van der Waals surface area contributed by atoms with Crippen LogP contribution in [0, 0.1) is 0 Å². The van der Waals surface area contributed by atoms with Gasteiger partial charge in [-0.1, -0.05) is 120 Å². The smallest absolute Gasteiger partial charge is 0.207 e. The first kappa shape index (κ1) is 24.5. The second-order valence-electron chi connectivity index (χ2n) is 5.79. The van der Waals surface area contributed by atoms with Crippen molar-refractivity contribution in [1.82, 2.24) is 0 Å². The molecule has 0 saturated carbocycles. The predicted octanol–water partition coefficient (Wildman–Crippen LogP) is 7.89. The van der Waals surface area contributed by atoms with Gasteiger partial charge in [0.05, 0.1) is 9.79 Å². The van der Waals surface area contributed by atoms with Gasteiger partial charge in [0.15, 0.2) is 0 Å².